The van der Waals surface area contributed by atoms with E-state index in [1.807, 2.05) is 30.3 Å². The number of ether oxygens (including phenoxy) is 4. The van der Waals surface area contributed by atoms with Crippen molar-refractivity contribution in [2.45, 2.75) is 25.3 Å². The molecular formula is C22H27NO5. The second-order valence-corrected chi connectivity index (χ2v) is 6.78. The van der Waals surface area contributed by atoms with Gasteiger partial charge in [-0.2, -0.15) is 0 Å². The van der Waals surface area contributed by atoms with Crippen molar-refractivity contribution < 1.29 is 23.7 Å². The van der Waals surface area contributed by atoms with E-state index in [1.165, 1.54) is 0 Å². The topological polar surface area (TPSA) is 66.0 Å². The monoisotopic (exact) mass is 385 g/mol. The maximum atomic E-state index is 12.8. The predicted octanol–water partition coefficient (Wildman–Crippen LogP) is 3.28. The molecule has 0 radical (unpaired) electrons. The molecule has 0 amide bonds. The van der Waals surface area contributed by atoms with Crippen LogP contribution in [0.4, 0.5) is 0 Å². The third-order valence-corrected chi connectivity index (χ3v) is 5.29. The third-order valence-electron chi connectivity index (χ3n) is 5.29. The van der Waals surface area contributed by atoms with Gasteiger partial charge in [0, 0.05) is 17.7 Å². The summed E-state index contributed by atoms with van der Waals surface area (Å²) in [6.45, 7) is 2.39. The van der Waals surface area contributed by atoms with E-state index in [1.54, 1.807) is 35.4 Å². The molecule has 2 aromatic rings. The normalized spacial score (nSPS) is 16.7. The zero-order chi connectivity index (χ0) is 20.3. The fourth-order valence-corrected chi connectivity index (χ4v) is 3.92. The van der Waals surface area contributed by atoms with Crippen molar-refractivity contribution in [1.82, 2.24) is 5.32 Å². The summed E-state index contributed by atoms with van der Waals surface area (Å²) in [5, 5.41) is 3.52. The molecule has 0 spiro atoms. The van der Waals surface area contributed by atoms with E-state index in [-0.39, 0.29) is 11.8 Å². The summed E-state index contributed by atoms with van der Waals surface area (Å²) >= 11 is 0. The molecule has 0 saturated carbocycles. The first-order valence-corrected chi connectivity index (χ1v) is 9.24. The van der Waals surface area contributed by atoms with Gasteiger partial charge in [0.05, 0.1) is 34.4 Å². The highest BCUT2D eigenvalue weighted by Crippen LogP contribution is 2.43. The molecule has 0 bridgehead atoms. The van der Waals surface area contributed by atoms with Crippen LogP contribution >= 0.6 is 0 Å². The maximum absolute atomic E-state index is 12.8. The van der Waals surface area contributed by atoms with Crippen LogP contribution in [0.1, 0.15) is 35.6 Å². The Labute approximate surface area is 165 Å². The number of methoxy groups -OCH3 is 4. The van der Waals surface area contributed by atoms with Crippen molar-refractivity contribution in [3.8, 4) is 23.0 Å². The van der Waals surface area contributed by atoms with Crippen LogP contribution in [0.25, 0.3) is 0 Å². The van der Waals surface area contributed by atoms with Gasteiger partial charge < -0.3 is 24.3 Å². The van der Waals surface area contributed by atoms with Crippen molar-refractivity contribution in [2.75, 3.05) is 35.0 Å². The molecule has 1 N–H and O–H groups in total. The number of rotatable bonds is 7. The van der Waals surface area contributed by atoms with Gasteiger partial charge in [-0.1, -0.05) is 6.07 Å². The fraction of sp³-hybridized carbons (Fsp3) is 0.409. The molecule has 150 valence electrons. The van der Waals surface area contributed by atoms with Gasteiger partial charge in [0.15, 0.2) is 11.5 Å². The Kier molecular flexibility index (Phi) is 6.09. The number of nitrogens with one attached hydrogen (secondary N) is 1. The molecule has 2 atom stereocenters. The number of hydrogen-bond donors (Lipinski definition) is 1. The number of hydrogen-bond acceptors (Lipinski definition) is 6. The lowest BCUT2D eigenvalue weighted by Crippen LogP contribution is -2.36. The summed E-state index contributed by atoms with van der Waals surface area (Å²) in [4.78, 5) is 12.8. The SMILES string of the molecule is COc1ccc(C(C(C)=O)C2NCCc3cc(OC)c(OC)cc32)c(OC)c1. The van der Waals surface area contributed by atoms with E-state index in [0.29, 0.717) is 23.0 Å². The summed E-state index contributed by atoms with van der Waals surface area (Å²) in [6, 6.07) is 9.35. The minimum Gasteiger partial charge on any atom is -0.497 e. The number of Topliss-reactive ketones (excluding diaryl/α,β-unsaturated/α-hetero) is 1. The fourth-order valence-electron chi connectivity index (χ4n) is 3.92. The van der Waals surface area contributed by atoms with Crippen LogP contribution in [0.15, 0.2) is 30.3 Å². The number of carbonyl (C=O) groups is 1. The Morgan fingerprint density at radius 3 is 2.25 bits per heavy atom. The van der Waals surface area contributed by atoms with Crippen LogP contribution in [0.3, 0.4) is 0 Å². The smallest absolute Gasteiger partial charge is 0.161 e. The zero-order valence-corrected chi connectivity index (χ0v) is 17.0. The van der Waals surface area contributed by atoms with Crippen LogP contribution in [-0.2, 0) is 11.2 Å². The third kappa shape index (κ3) is 3.64. The highest BCUT2D eigenvalue weighted by Gasteiger charge is 2.34. The first-order valence-electron chi connectivity index (χ1n) is 9.24. The molecule has 2 aromatic carbocycles. The zero-order valence-electron chi connectivity index (χ0n) is 17.0. The van der Waals surface area contributed by atoms with Gasteiger partial charge in [-0.15, -0.1) is 0 Å². The lowest BCUT2D eigenvalue weighted by molar-refractivity contribution is -0.119. The summed E-state index contributed by atoms with van der Waals surface area (Å²) in [7, 11) is 6.45. The summed E-state index contributed by atoms with van der Waals surface area (Å²) in [5.74, 6) is 2.32. The Morgan fingerprint density at radius 1 is 0.964 bits per heavy atom. The molecule has 0 aliphatic carbocycles. The largest absolute Gasteiger partial charge is 0.497 e. The van der Waals surface area contributed by atoms with Gasteiger partial charge in [0.2, 0.25) is 0 Å². The van der Waals surface area contributed by atoms with Gasteiger partial charge in [-0.3, -0.25) is 4.79 Å². The maximum Gasteiger partial charge on any atom is 0.161 e. The van der Waals surface area contributed by atoms with Gasteiger partial charge in [-0.25, -0.2) is 0 Å². The van der Waals surface area contributed by atoms with E-state index < -0.39 is 5.92 Å². The average Bonchev–Trinajstić information content (AvgIpc) is 2.72. The van der Waals surface area contributed by atoms with E-state index >= 15 is 0 Å². The van der Waals surface area contributed by atoms with Gasteiger partial charge in [-0.05, 0) is 49.2 Å². The number of carbonyl (C=O) groups excluding carboxylic acids is 1. The first-order chi connectivity index (χ1) is 13.5. The van der Waals surface area contributed by atoms with Crippen molar-refractivity contribution >= 4 is 5.78 Å². The molecular weight excluding hydrogens is 358 g/mol. The molecule has 2 unspecified atom stereocenters. The lowest BCUT2D eigenvalue weighted by Gasteiger charge is -2.33. The summed E-state index contributed by atoms with van der Waals surface area (Å²) in [6.07, 6.45) is 0.858. The number of benzene rings is 2. The van der Waals surface area contributed by atoms with Crippen LogP contribution < -0.4 is 24.3 Å². The van der Waals surface area contributed by atoms with Crippen molar-refractivity contribution in [3.63, 3.8) is 0 Å². The predicted molar refractivity (Wildman–Crippen MR) is 107 cm³/mol. The summed E-state index contributed by atoms with van der Waals surface area (Å²) in [5.41, 5.74) is 3.03. The number of ketones is 1. The van der Waals surface area contributed by atoms with E-state index in [9.17, 15) is 4.79 Å². The molecule has 3 rings (SSSR count). The second kappa shape index (κ2) is 8.52. The van der Waals surface area contributed by atoms with E-state index in [2.05, 4.69) is 5.32 Å². The average molecular weight is 385 g/mol. The van der Waals surface area contributed by atoms with Crippen molar-refractivity contribution in [3.05, 3.63) is 47.0 Å². The molecule has 6 nitrogen and oxygen atoms in total. The molecule has 1 heterocycles. The Hall–Kier alpha value is -2.73. The minimum atomic E-state index is -0.405. The second-order valence-electron chi connectivity index (χ2n) is 6.78. The van der Waals surface area contributed by atoms with Crippen LogP contribution in [0.2, 0.25) is 0 Å². The molecule has 1 aliphatic rings. The minimum absolute atomic E-state index is 0.0589. The molecule has 0 aromatic heterocycles. The number of fused-ring (bicyclic) bond motifs is 1. The highest BCUT2D eigenvalue weighted by molar-refractivity contribution is 5.85. The van der Waals surface area contributed by atoms with Crippen molar-refractivity contribution in [2.24, 2.45) is 0 Å². The Balaban J connectivity index is 2.12. The molecule has 6 heteroatoms. The first kappa shape index (κ1) is 20.0. The molecule has 1 aliphatic heterocycles. The van der Waals surface area contributed by atoms with Crippen molar-refractivity contribution in [1.29, 1.82) is 0 Å². The van der Waals surface area contributed by atoms with Gasteiger partial charge >= 0.3 is 0 Å². The van der Waals surface area contributed by atoms with Crippen LogP contribution in [0, 0.1) is 0 Å². The highest BCUT2D eigenvalue weighted by atomic mass is 16.5. The van der Waals surface area contributed by atoms with Crippen LogP contribution in [-0.4, -0.2) is 40.8 Å². The Morgan fingerprint density at radius 2 is 1.64 bits per heavy atom. The Bertz CT molecular complexity index is 864. The van der Waals surface area contributed by atoms with Crippen LogP contribution in [0.5, 0.6) is 23.0 Å². The van der Waals surface area contributed by atoms with Gasteiger partial charge in [0.25, 0.3) is 0 Å². The molecule has 0 fully saturated rings. The van der Waals surface area contributed by atoms with Gasteiger partial charge in [0.1, 0.15) is 17.3 Å². The van der Waals surface area contributed by atoms with E-state index in [0.717, 1.165) is 29.7 Å². The quantitative estimate of drug-likeness (QED) is 0.789. The summed E-state index contributed by atoms with van der Waals surface area (Å²) < 4.78 is 21.8. The standard InChI is InChI=1S/C22H27NO5/c1-13(24)21(16-7-6-15(25-2)11-18(16)26-3)22-17-12-20(28-5)19(27-4)10-14(17)8-9-23-22/h6-7,10-12,21-23H,8-9H2,1-5H3. The molecule has 0 saturated heterocycles. The molecule has 28 heavy (non-hydrogen) atoms. The lowest BCUT2D eigenvalue weighted by atomic mass is 9.80. The van der Waals surface area contributed by atoms with E-state index in [4.69, 9.17) is 18.9 Å².